The molecule has 0 aliphatic rings. The van der Waals surface area contributed by atoms with E-state index in [-0.39, 0.29) is 77.7 Å². The fourth-order valence-electron chi connectivity index (χ4n) is 0. The average molecular weight is 463 g/mol. The van der Waals surface area contributed by atoms with Gasteiger partial charge in [-0.3, -0.25) is 0 Å². The van der Waals surface area contributed by atoms with E-state index in [2.05, 4.69) is 0 Å². The first-order chi connectivity index (χ1) is 0. The van der Waals surface area contributed by atoms with Crippen molar-refractivity contribution in [3.05, 3.63) is 0 Å². The molecule has 0 aliphatic carbocycles. The van der Waals surface area contributed by atoms with Crippen molar-refractivity contribution in [2.24, 2.45) is 0 Å². The van der Waals surface area contributed by atoms with E-state index in [1.54, 1.807) is 0 Å². The molecule has 0 saturated heterocycles. The predicted molar refractivity (Wildman–Crippen MR) is 0 cm³/mol. The van der Waals surface area contributed by atoms with Gasteiger partial charge in [-0.25, -0.2) is 0 Å². The molecule has 0 fully saturated rings. The summed E-state index contributed by atoms with van der Waals surface area (Å²) in [7, 11) is 0. The summed E-state index contributed by atoms with van der Waals surface area (Å²) >= 11 is 0. The van der Waals surface area contributed by atoms with Crippen LogP contribution in [0.5, 0.6) is 0 Å². The normalized spacial score (nSPS) is 0. The minimum absolute atomic E-state index is 0. The second-order valence-corrected chi connectivity index (χ2v) is 0. The minimum Gasteiger partial charge on any atom is 0 e. The van der Waals surface area contributed by atoms with Crippen LogP contribution >= 0.6 is 0 Å². The van der Waals surface area contributed by atoms with Crippen LogP contribution in [0.3, 0.4) is 0 Å². The summed E-state index contributed by atoms with van der Waals surface area (Å²) in [5.41, 5.74) is 0. The van der Waals surface area contributed by atoms with Crippen LogP contribution < -0.4 is 0 Å². The standard InChI is InChI=1S/Co.Pd.Pt.Rh. The smallest absolute Gasteiger partial charge is 0 e. The topological polar surface area (TPSA) is 0 Å². The summed E-state index contributed by atoms with van der Waals surface area (Å²) in [5, 5.41) is 0. The molecule has 4 heavy (non-hydrogen) atoms. The molecule has 0 atom stereocenters. The molecule has 0 amide bonds. The summed E-state index contributed by atoms with van der Waals surface area (Å²) in [4.78, 5) is 0. The van der Waals surface area contributed by atoms with E-state index in [9.17, 15) is 0 Å². The van der Waals surface area contributed by atoms with E-state index < -0.39 is 0 Å². The Labute approximate surface area is 76.7 Å². The maximum atomic E-state index is 0. The molecule has 0 aromatic heterocycles. The Morgan fingerprint density at radius 2 is 1.00 bits per heavy atom. The second-order valence-electron chi connectivity index (χ2n) is 0. The monoisotopic (exact) mass is 463 g/mol. The zero-order chi connectivity index (χ0) is 0. The maximum absolute atomic E-state index is 0. The van der Waals surface area contributed by atoms with Crippen LogP contribution in [0.4, 0.5) is 0 Å². The van der Waals surface area contributed by atoms with Gasteiger partial charge in [-0.1, -0.05) is 0 Å². The van der Waals surface area contributed by atoms with Gasteiger partial charge in [-0.2, -0.15) is 0 Å². The van der Waals surface area contributed by atoms with Crippen LogP contribution in [0.25, 0.3) is 0 Å². The van der Waals surface area contributed by atoms with Gasteiger partial charge in [0.05, 0.1) is 0 Å². The van der Waals surface area contributed by atoms with Crippen molar-refractivity contribution in [3.8, 4) is 0 Å². The molecule has 0 heterocycles. The maximum Gasteiger partial charge on any atom is 0 e. The Hall–Kier alpha value is 2.48. The molecule has 0 aliphatic heterocycles. The number of hydrogen-bond acceptors (Lipinski definition) is 0. The predicted octanol–water partition coefficient (Wildman–Crippen LogP) is -0.0100. The van der Waals surface area contributed by atoms with Crippen molar-refractivity contribution < 1.29 is 77.7 Å². The first-order valence-electron chi connectivity index (χ1n) is 0. The van der Waals surface area contributed by atoms with E-state index in [1.807, 2.05) is 0 Å². The SMILES string of the molecule is [Co].[Pd].[Pt].[Rh]. The van der Waals surface area contributed by atoms with Crippen LogP contribution in [0, 0.1) is 0 Å². The summed E-state index contributed by atoms with van der Waals surface area (Å²) in [5.74, 6) is 0. The Bertz CT molecular complexity index is 8.00. The van der Waals surface area contributed by atoms with E-state index in [0.717, 1.165) is 0 Å². The summed E-state index contributed by atoms with van der Waals surface area (Å²) in [6.45, 7) is 0. The van der Waals surface area contributed by atoms with Gasteiger partial charge in [-0.05, 0) is 0 Å². The van der Waals surface area contributed by atoms with Gasteiger partial charge in [0, 0.05) is 77.7 Å². The zero-order valence-corrected chi connectivity index (χ0v) is 7.81. The van der Waals surface area contributed by atoms with Gasteiger partial charge < -0.3 is 0 Å². The van der Waals surface area contributed by atoms with E-state index >= 15 is 0 Å². The van der Waals surface area contributed by atoms with Crippen LogP contribution in [0.1, 0.15) is 0 Å². The summed E-state index contributed by atoms with van der Waals surface area (Å²) in [6, 6.07) is 0. The van der Waals surface area contributed by atoms with Crippen molar-refractivity contribution in [3.63, 3.8) is 0 Å². The van der Waals surface area contributed by atoms with Crippen LogP contribution in [0.15, 0.2) is 0 Å². The van der Waals surface area contributed by atoms with Crippen LogP contribution in [-0.4, -0.2) is 0 Å². The van der Waals surface area contributed by atoms with Crippen LogP contribution in [0.2, 0.25) is 0 Å². The molecule has 0 spiro atoms. The minimum atomic E-state index is 0. The molecule has 2 radical (unpaired) electrons. The largest absolute Gasteiger partial charge is 0 e. The van der Waals surface area contributed by atoms with Crippen LogP contribution in [-0.2, 0) is 77.7 Å². The first-order valence-corrected chi connectivity index (χ1v) is 0. The average Bonchev–Trinajstić information content (AvgIpc) is 0. The summed E-state index contributed by atoms with van der Waals surface area (Å²) in [6.07, 6.45) is 0. The summed E-state index contributed by atoms with van der Waals surface area (Å²) < 4.78 is 0. The Balaban J connectivity index is 0. The fourth-order valence-corrected chi connectivity index (χ4v) is 0. The molecule has 0 saturated carbocycles. The Kier molecular flexibility index (Phi) is 141. The van der Waals surface area contributed by atoms with Crippen molar-refractivity contribution in [2.75, 3.05) is 0 Å². The third-order valence-electron chi connectivity index (χ3n) is 0. The third kappa shape index (κ3) is 8.82. The molecular formula is CoPdPtRh. The van der Waals surface area contributed by atoms with Crippen molar-refractivity contribution in [2.45, 2.75) is 0 Å². The Morgan fingerprint density at radius 3 is 1.00 bits per heavy atom. The Morgan fingerprint density at radius 1 is 1.00 bits per heavy atom. The van der Waals surface area contributed by atoms with E-state index in [4.69, 9.17) is 0 Å². The van der Waals surface area contributed by atoms with Crippen molar-refractivity contribution in [1.29, 1.82) is 0 Å². The molecule has 0 bridgehead atoms. The van der Waals surface area contributed by atoms with Crippen molar-refractivity contribution in [1.82, 2.24) is 0 Å². The molecule has 0 aromatic carbocycles. The zero-order valence-electron chi connectivity index (χ0n) is 1.30. The first kappa shape index (κ1) is 31.6. The van der Waals surface area contributed by atoms with Crippen molar-refractivity contribution >= 4 is 0 Å². The van der Waals surface area contributed by atoms with E-state index in [1.165, 1.54) is 0 Å². The molecular weight excluding hydrogens is 463 g/mol. The molecule has 0 rings (SSSR count). The quantitative estimate of drug-likeness (QED) is 0.444. The third-order valence-corrected chi connectivity index (χ3v) is 0. The van der Waals surface area contributed by atoms with Gasteiger partial charge in [-0.15, -0.1) is 0 Å². The molecule has 38 valence electrons. The van der Waals surface area contributed by atoms with Gasteiger partial charge in [0.2, 0.25) is 0 Å². The van der Waals surface area contributed by atoms with Gasteiger partial charge in [0.1, 0.15) is 0 Å². The molecule has 4 heteroatoms. The molecule has 0 aromatic rings. The molecule has 0 nitrogen and oxygen atoms in total. The number of hydrogen-bond donors (Lipinski definition) is 0. The second kappa shape index (κ2) is 17.9. The van der Waals surface area contributed by atoms with Gasteiger partial charge in [0.15, 0.2) is 0 Å². The van der Waals surface area contributed by atoms with Gasteiger partial charge in [0.25, 0.3) is 0 Å². The number of rotatable bonds is 0. The van der Waals surface area contributed by atoms with Gasteiger partial charge >= 0.3 is 0 Å². The van der Waals surface area contributed by atoms with E-state index in [0.29, 0.717) is 0 Å². The molecule has 0 N–H and O–H groups in total. The molecule has 0 unspecified atom stereocenters. The fraction of sp³-hybridized carbons (Fsp3) is 0.